The zero-order valence-electron chi connectivity index (χ0n) is 15.7. The van der Waals surface area contributed by atoms with E-state index in [1.807, 2.05) is 27.7 Å². The molecule has 2 rings (SSSR count). The van der Waals surface area contributed by atoms with Crippen LogP contribution in [0, 0.1) is 13.8 Å². The SMILES string of the molecule is CC(=O)SCC(=Cc1c(C)cccc1C)B1OC(C)(C)C(C)(C)O1. The molecule has 1 aromatic carbocycles. The van der Waals surface area contributed by atoms with E-state index in [-0.39, 0.29) is 5.12 Å². The van der Waals surface area contributed by atoms with E-state index in [4.69, 9.17) is 9.31 Å². The van der Waals surface area contributed by atoms with Crippen LogP contribution in [0.5, 0.6) is 0 Å². The van der Waals surface area contributed by atoms with Gasteiger partial charge in [-0.1, -0.05) is 36.0 Å². The molecule has 0 saturated carbocycles. The summed E-state index contributed by atoms with van der Waals surface area (Å²) in [5.41, 5.74) is 3.79. The summed E-state index contributed by atoms with van der Waals surface area (Å²) in [7, 11) is -0.430. The monoisotopic (exact) mass is 346 g/mol. The molecule has 1 heterocycles. The Bertz CT molecular complexity index is 628. The summed E-state index contributed by atoms with van der Waals surface area (Å²) in [5.74, 6) is 0.569. The standard InChI is InChI=1S/C19H27BO3S/c1-13-9-8-10-14(2)17(13)11-16(12-24-15(3)21)20-22-18(4,5)19(6,7)23-20/h8-11H,12H2,1-7H3. The molecule has 1 aromatic rings. The van der Waals surface area contributed by atoms with Gasteiger partial charge in [0.15, 0.2) is 5.12 Å². The van der Waals surface area contributed by atoms with Crippen molar-refractivity contribution in [2.24, 2.45) is 0 Å². The lowest BCUT2D eigenvalue weighted by atomic mass is 9.77. The summed E-state index contributed by atoms with van der Waals surface area (Å²) in [6, 6.07) is 6.25. The average molecular weight is 346 g/mol. The largest absolute Gasteiger partial charge is 0.491 e. The molecule has 0 spiro atoms. The Labute approximate surface area is 150 Å². The Kier molecular flexibility index (Phi) is 5.68. The molecule has 0 bridgehead atoms. The normalized spacial score (nSPS) is 19.6. The second kappa shape index (κ2) is 7.07. The molecule has 1 fully saturated rings. The van der Waals surface area contributed by atoms with Crippen LogP contribution in [0.3, 0.4) is 0 Å². The summed E-state index contributed by atoms with van der Waals surface area (Å²) in [5, 5.41) is 0.0962. The molecule has 0 aromatic heterocycles. The van der Waals surface area contributed by atoms with Crippen LogP contribution < -0.4 is 0 Å². The van der Waals surface area contributed by atoms with Crippen LogP contribution in [-0.4, -0.2) is 29.2 Å². The highest BCUT2D eigenvalue weighted by Gasteiger charge is 2.52. The fraction of sp³-hybridized carbons (Fsp3) is 0.526. The van der Waals surface area contributed by atoms with E-state index >= 15 is 0 Å². The number of hydrogen-bond donors (Lipinski definition) is 0. The van der Waals surface area contributed by atoms with Crippen molar-refractivity contribution >= 4 is 30.1 Å². The van der Waals surface area contributed by atoms with Crippen LogP contribution >= 0.6 is 11.8 Å². The lowest BCUT2D eigenvalue weighted by Gasteiger charge is -2.32. The van der Waals surface area contributed by atoms with E-state index in [1.54, 1.807) is 6.92 Å². The molecule has 5 heteroatoms. The third-order valence-corrected chi connectivity index (χ3v) is 5.75. The van der Waals surface area contributed by atoms with Crippen LogP contribution in [0.1, 0.15) is 51.3 Å². The smallest absolute Gasteiger partial charge is 0.400 e. The fourth-order valence-electron chi connectivity index (χ4n) is 2.60. The Morgan fingerprint density at radius 1 is 1.12 bits per heavy atom. The molecular weight excluding hydrogens is 319 g/mol. The summed E-state index contributed by atoms with van der Waals surface area (Å²) in [6.45, 7) is 14.0. The van der Waals surface area contributed by atoms with Gasteiger partial charge in [-0.15, -0.1) is 0 Å². The highest BCUT2D eigenvalue weighted by Crippen LogP contribution is 2.39. The highest BCUT2D eigenvalue weighted by atomic mass is 32.2. The molecule has 0 aliphatic carbocycles. The van der Waals surface area contributed by atoms with Gasteiger partial charge in [0.2, 0.25) is 0 Å². The zero-order chi connectivity index (χ0) is 18.1. The van der Waals surface area contributed by atoms with E-state index in [9.17, 15) is 4.79 Å². The molecular formula is C19H27BO3S. The molecule has 130 valence electrons. The van der Waals surface area contributed by atoms with Crippen molar-refractivity contribution in [1.82, 2.24) is 0 Å². The van der Waals surface area contributed by atoms with Crippen molar-refractivity contribution in [2.45, 2.75) is 59.7 Å². The number of carbonyl (C=O) groups is 1. The highest BCUT2D eigenvalue weighted by molar-refractivity contribution is 8.13. The second-order valence-corrected chi connectivity index (χ2v) is 8.55. The van der Waals surface area contributed by atoms with Gasteiger partial charge in [0.25, 0.3) is 0 Å². The minimum Gasteiger partial charge on any atom is -0.400 e. The van der Waals surface area contributed by atoms with Crippen molar-refractivity contribution in [3.8, 4) is 0 Å². The van der Waals surface area contributed by atoms with Gasteiger partial charge in [-0.05, 0) is 63.7 Å². The molecule has 0 radical (unpaired) electrons. The predicted octanol–water partition coefficient (Wildman–Crippen LogP) is 4.60. The lowest BCUT2D eigenvalue weighted by Crippen LogP contribution is -2.41. The van der Waals surface area contributed by atoms with E-state index in [2.05, 4.69) is 38.1 Å². The van der Waals surface area contributed by atoms with Gasteiger partial charge in [0.05, 0.1) is 11.2 Å². The zero-order valence-corrected chi connectivity index (χ0v) is 16.5. The van der Waals surface area contributed by atoms with Crippen molar-refractivity contribution in [3.05, 3.63) is 40.4 Å². The van der Waals surface area contributed by atoms with Gasteiger partial charge in [-0.3, -0.25) is 4.79 Å². The minimum atomic E-state index is -0.430. The summed E-state index contributed by atoms with van der Waals surface area (Å²) >= 11 is 1.29. The number of benzene rings is 1. The van der Waals surface area contributed by atoms with Crippen molar-refractivity contribution in [1.29, 1.82) is 0 Å². The second-order valence-electron chi connectivity index (χ2n) is 7.39. The molecule has 0 unspecified atom stereocenters. The van der Waals surface area contributed by atoms with Crippen LogP contribution in [0.25, 0.3) is 6.08 Å². The molecule has 1 saturated heterocycles. The summed E-state index contributed by atoms with van der Waals surface area (Å²) < 4.78 is 12.4. The van der Waals surface area contributed by atoms with E-state index in [0.29, 0.717) is 5.75 Å². The predicted molar refractivity (Wildman–Crippen MR) is 103 cm³/mol. The maximum atomic E-state index is 11.5. The number of carbonyl (C=O) groups excluding carboxylic acids is 1. The number of aryl methyl sites for hydroxylation is 2. The van der Waals surface area contributed by atoms with Crippen molar-refractivity contribution < 1.29 is 14.1 Å². The fourth-order valence-corrected chi connectivity index (χ4v) is 3.19. The molecule has 0 N–H and O–H groups in total. The van der Waals surface area contributed by atoms with E-state index < -0.39 is 18.3 Å². The van der Waals surface area contributed by atoms with Crippen LogP contribution in [0.2, 0.25) is 0 Å². The lowest BCUT2D eigenvalue weighted by molar-refractivity contribution is -0.109. The molecule has 3 nitrogen and oxygen atoms in total. The van der Waals surface area contributed by atoms with Gasteiger partial charge >= 0.3 is 7.12 Å². The number of rotatable bonds is 4. The summed E-state index contributed by atoms with van der Waals surface area (Å²) in [6.07, 6.45) is 2.13. The maximum absolute atomic E-state index is 11.5. The molecule has 0 amide bonds. The first kappa shape index (κ1) is 19.3. The van der Waals surface area contributed by atoms with Crippen LogP contribution in [-0.2, 0) is 14.1 Å². The Morgan fingerprint density at radius 3 is 2.08 bits per heavy atom. The average Bonchev–Trinajstić information content (AvgIpc) is 2.65. The minimum absolute atomic E-state index is 0.0962. The topological polar surface area (TPSA) is 35.5 Å². The quantitative estimate of drug-likeness (QED) is 0.747. The Morgan fingerprint density at radius 2 is 1.62 bits per heavy atom. The molecule has 1 aliphatic rings. The first-order valence-corrected chi connectivity index (χ1v) is 9.28. The van der Waals surface area contributed by atoms with Gasteiger partial charge < -0.3 is 9.31 Å². The Hall–Kier alpha value is -1.04. The van der Waals surface area contributed by atoms with Crippen molar-refractivity contribution in [3.63, 3.8) is 0 Å². The first-order valence-electron chi connectivity index (χ1n) is 8.29. The van der Waals surface area contributed by atoms with Crippen molar-refractivity contribution in [2.75, 3.05) is 5.75 Å². The van der Waals surface area contributed by atoms with Crippen LogP contribution in [0.4, 0.5) is 0 Å². The third-order valence-electron chi connectivity index (χ3n) is 4.87. The molecule has 24 heavy (non-hydrogen) atoms. The maximum Gasteiger partial charge on any atom is 0.491 e. The number of hydrogen-bond acceptors (Lipinski definition) is 4. The van der Waals surface area contributed by atoms with Gasteiger partial charge in [-0.25, -0.2) is 0 Å². The molecule has 1 aliphatic heterocycles. The number of thioether (sulfide) groups is 1. The Balaban J connectivity index is 2.39. The van der Waals surface area contributed by atoms with E-state index in [0.717, 1.165) is 5.47 Å². The third kappa shape index (κ3) is 4.13. The van der Waals surface area contributed by atoms with Gasteiger partial charge in [0.1, 0.15) is 0 Å². The van der Waals surface area contributed by atoms with Crippen LogP contribution in [0.15, 0.2) is 23.7 Å². The van der Waals surface area contributed by atoms with Gasteiger partial charge in [-0.2, -0.15) is 0 Å². The van der Waals surface area contributed by atoms with Gasteiger partial charge in [0, 0.05) is 12.7 Å². The molecule has 0 atom stereocenters. The van der Waals surface area contributed by atoms with E-state index in [1.165, 1.54) is 28.5 Å². The summed E-state index contributed by atoms with van der Waals surface area (Å²) in [4.78, 5) is 11.5. The first-order chi connectivity index (χ1) is 11.0.